The third kappa shape index (κ3) is 7.22. The molecule has 1 unspecified atom stereocenters. The Kier molecular flexibility index (Phi) is 8.71. The topological polar surface area (TPSA) is 72.1 Å². The summed E-state index contributed by atoms with van der Waals surface area (Å²) in [7, 11) is 0. The molecule has 146 valence electrons. The van der Waals surface area contributed by atoms with E-state index < -0.39 is 0 Å². The zero-order chi connectivity index (χ0) is 18.8. The Labute approximate surface area is 157 Å². The van der Waals surface area contributed by atoms with Gasteiger partial charge < -0.3 is 20.5 Å². The molecule has 1 saturated heterocycles. The van der Waals surface area contributed by atoms with Crippen LogP contribution in [0.25, 0.3) is 0 Å². The van der Waals surface area contributed by atoms with Gasteiger partial charge in [-0.2, -0.15) is 0 Å². The smallest absolute Gasteiger partial charge is 0.188 e. The molecule has 6 heteroatoms. The lowest BCUT2D eigenvalue weighted by atomic mass is 10.1. The molecule has 1 atom stereocenters. The number of benzene rings is 1. The molecule has 0 aliphatic carbocycles. The highest BCUT2D eigenvalue weighted by Crippen LogP contribution is 2.23. The second-order valence-electron chi connectivity index (χ2n) is 6.88. The summed E-state index contributed by atoms with van der Waals surface area (Å²) in [6.07, 6.45) is 2.21. The monoisotopic (exact) mass is 362 g/mol. The van der Waals surface area contributed by atoms with Crippen LogP contribution in [0.2, 0.25) is 0 Å². The summed E-state index contributed by atoms with van der Waals surface area (Å²) >= 11 is 0. The van der Waals surface area contributed by atoms with Gasteiger partial charge in [0.15, 0.2) is 5.96 Å². The van der Waals surface area contributed by atoms with Gasteiger partial charge in [0, 0.05) is 25.2 Å². The number of aryl methyl sites for hydroxylation is 1. The zero-order valence-corrected chi connectivity index (χ0v) is 16.5. The fraction of sp³-hybridized carbons (Fsp3) is 0.650. The number of hydrogen-bond donors (Lipinski definition) is 2. The first kappa shape index (κ1) is 20.5. The number of hydrogen-bond acceptors (Lipinski definition) is 4. The van der Waals surface area contributed by atoms with Gasteiger partial charge >= 0.3 is 0 Å². The first-order chi connectivity index (χ1) is 12.6. The van der Waals surface area contributed by atoms with Gasteiger partial charge in [0.05, 0.1) is 25.9 Å². The highest BCUT2D eigenvalue weighted by Gasteiger charge is 2.10. The van der Waals surface area contributed by atoms with Crippen LogP contribution < -0.4 is 15.8 Å². The summed E-state index contributed by atoms with van der Waals surface area (Å²) in [5.74, 6) is 1.39. The van der Waals surface area contributed by atoms with Gasteiger partial charge in [-0.1, -0.05) is 19.1 Å². The standard InChI is InChI=1S/C20H34N4O2/c1-4-17(3)26-19-14-16(2)6-7-18(19)15-23-20(21)22-8-5-9-24-10-12-25-13-11-24/h6-7,14,17H,4-5,8-13,15H2,1-3H3,(H3,21,22,23). The Morgan fingerprint density at radius 1 is 1.38 bits per heavy atom. The van der Waals surface area contributed by atoms with Crippen molar-refractivity contribution >= 4 is 5.96 Å². The summed E-state index contributed by atoms with van der Waals surface area (Å²) in [6.45, 7) is 12.4. The van der Waals surface area contributed by atoms with Crippen LogP contribution in [0.15, 0.2) is 23.2 Å². The lowest BCUT2D eigenvalue weighted by Crippen LogP contribution is -2.39. The van der Waals surface area contributed by atoms with E-state index in [9.17, 15) is 0 Å². The van der Waals surface area contributed by atoms with Gasteiger partial charge in [-0.05, 0) is 44.9 Å². The molecule has 2 rings (SSSR count). The molecular formula is C20H34N4O2. The van der Waals surface area contributed by atoms with E-state index in [1.165, 1.54) is 5.56 Å². The van der Waals surface area contributed by atoms with Crippen molar-refractivity contribution in [1.82, 2.24) is 10.2 Å². The van der Waals surface area contributed by atoms with Crippen molar-refractivity contribution in [1.29, 1.82) is 0 Å². The second-order valence-corrected chi connectivity index (χ2v) is 6.88. The maximum atomic E-state index is 6.03. The molecule has 1 aromatic carbocycles. The SMILES string of the molecule is CCC(C)Oc1cc(C)ccc1CN=C(N)NCCCN1CCOCC1. The normalized spacial score (nSPS) is 17.1. The van der Waals surface area contributed by atoms with Crippen LogP contribution in [0.3, 0.4) is 0 Å². The summed E-state index contributed by atoms with van der Waals surface area (Å²) in [6, 6.07) is 6.23. The van der Waals surface area contributed by atoms with Gasteiger partial charge in [0.1, 0.15) is 5.75 Å². The molecule has 26 heavy (non-hydrogen) atoms. The van der Waals surface area contributed by atoms with Gasteiger partial charge in [-0.25, -0.2) is 4.99 Å². The molecule has 0 bridgehead atoms. The first-order valence-corrected chi connectivity index (χ1v) is 9.68. The van der Waals surface area contributed by atoms with Crippen LogP contribution in [0.5, 0.6) is 5.75 Å². The molecule has 1 fully saturated rings. The minimum atomic E-state index is 0.190. The van der Waals surface area contributed by atoms with E-state index >= 15 is 0 Å². The highest BCUT2D eigenvalue weighted by atomic mass is 16.5. The predicted molar refractivity (Wildman–Crippen MR) is 107 cm³/mol. The zero-order valence-electron chi connectivity index (χ0n) is 16.5. The maximum Gasteiger partial charge on any atom is 0.188 e. The van der Waals surface area contributed by atoms with Crippen LogP contribution in [0.4, 0.5) is 0 Å². The minimum Gasteiger partial charge on any atom is -0.490 e. The van der Waals surface area contributed by atoms with Crippen LogP contribution in [0, 0.1) is 6.92 Å². The number of nitrogens with one attached hydrogen (secondary N) is 1. The molecule has 0 spiro atoms. The van der Waals surface area contributed by atoms with Crippen molar-refractivity contribution in [3.63, 3.8) is 0 Å². The Morgan fingerprint density at radius 3 is 2.88 bits per heavy atom. The number of rotatable bonds is 9. The molecule has 1 aromatic rings. The molecule has 1 aliphatic heterocycles. The summed E-state index contributed by atoms with van der Waals surface area (Å²) in [5, 5.41) is 3.20. The van der Waals surface area contributed by atoms with E-state index in [0.717, 1.165) is 63.5 Å². The van der Waals surface area contributed by atoms with Crippen LogP contribution in [0.1, 0.15) is 37.8 Å². The molecule has 3 N–H and O–H groups in total. The average Bonchev–Trinajstić information content (AvgIpc) is 2.65. The highest BCUT2D eigenvalue weighted by molar-refractivity contribution is 5.77. The molecular weight excluding hydrogens is 328 g/mol. The second kappa shape index (κ2) is 11.0. The van der Waals surface area contributed by atoms with Gasteiger partial charge in [0.2, 0.25) is 0 Å². The van der Waals surface area contributed by atoms with Crippen molar-refractivity contribution in [3.8, 4) is 5.75 Å². The van der Waals surface area contributed by atoms with E-state index in [2.05, 4.69) is 54.2 Å². The Balaban J connectivity index is 1.78. The minimum absolute atomic E-state index is 0.190. The first-order valence-electron chi connectivity index (χ1n) is 9.68. The van der Waals surface area contributed by atoms with Gasteiger partial charge in [-0.15, -0.1) is 0 Å². The summed E-state index contributed by atoms with van der Waals surface area (Å²) < 4.78 is 11.4. The number of guanidine groups is 1. The average molecular weight is 363 g/mol. The third-order valence-corrected chi connectivity index (χ3v) is 4.61. The number of morpholine rings is 1. The molecule has 0 aromatic heterocycles. The van der Waals surface area contributed by atoms with E-state index in [1.54, 1.807) is 0 Å². The van der Waals surface area contributed by atoms with Crippen molar-refractivity contribution in [2.45, 2.75) is 46.3 Å². The van der Waals surface area contributed by atoms with Crippen molar-refractivity contribution < 1.29 is 9.47 Å². The number of nitrogens with zero attached hydrogens (tertiary/aromatic N) is 2. The number of ether oxygens (including phenoxy) is 2. The Hall–Kier alpha value is -1.79. The van der Waals surface area contributed by atoms with Gasteiger partial charge in [-0.3, -0.25) is 4.90 Å². The molecule has 1 aliphatic rings. The fourth-order valence-electron chi connectivity index (χ4n) is 2.77. The van der Waals surface area contributed by atoms with Gasteiger partial charge in [0.25, 0.3) is 0 Å². The Morgan fingerprint density at radius 2 is 2.15 bits per heavy atom. The van der Waals surface area contributed by atoms with E-state index in [1.807, 2.05) is 0 Å². The van der Waals surface area contributed by atoms with Crippen LogP contribution in [-0.4, -0.2) is 56.4 Å². The van der Waals surface area contributed by atoms with Crippen LogP contribution >= 0.6 is 0 Å². The summed E-state index contributed by atoms with van der Waals surface area (Å²) in [5.41, 5.74) is 8.26. The largest absolute Gasteiger partial charge is 0.490 e. The number of nitrogens with two attached hydrogens (primary N) is 1. The van der Waals surface area contributed by atoms with Crippen LogP contribution in [-0.2, 0) is 11.3 Å². The molecule has 0 radical (unpaired) electrons. The predicted octanol–water partition coefficient (Wildman–Crippen LogP) is 2.30. The fourth-order valence-corrected chi connectivity index (χ4v) is 2.77. The van der Waals surface area contributed by atoms with E-state index in [4.69, 9.17) is 15.2 Å². The van der Waals surface area contributed by atoms with Crippen molar-refractivity contribution in [2.24, 2.45) is 10.7 Å². The quantitative estimate of drug-likeness (QED) is 0.401. The lowest BCUT2D eigenvalue weighted by molar-refractivity contribution is 0.0376. The van der Waals surface area contributed by atoms with Crippen molar-refractivity contribution in [2.75, 3.05) is 39.4 Å². The summed E-state index contributed by atoms with van der Waals surface area (Å²) in [4.78, 5) is 6.89. The van der Waals surface area contributed by atoms with E-state index in [-0.39, 0.29) is 6.10 Å². The molecule has 0 saturated carbocycles. The lowest BCUT2D eigenvalue weighted by Gasteiger charge is -2.26. The third-order valence-electron chi connectivity index (χ3n) is 4.61. The molecule has 6 nitrogen and oxygen atoms in total. The molecule has 1 heterocycles. The number of aliphatic imine (C=N–C) groups is 1. The molecule has 0 amide bonds. The maximum absolute atomic E-state index is 6.03. The van der Waals surface area contributed by atoms with E-state index in [0.29, 0.717) is 12.5 Å². The Bertz CT molecular complexity index is 571. The van der Waals surface area contributed by atoms with Crippen molar-refractivity contribution in [3.05, 3.63) is 29.3 Å².